The molecule has 1 amide bonds. The van der Waals surface area contributed by atoms with Gasteiger partial charge in [-0.1, -0.05) is 12.1 Å². The van der Waals surface area contributed by atoms with Crippen LogP contribution in [0.4, 0.5) is 0 Å². The number of hydrogen-bond donors (Lipinski definition) is 2. The minimum absolute atomic E-state index is 0.0953. The van der Waals surface area contributed by atoms with Crippen LogP contribution in [0, 0.1) is 5.41 Å². The van der Waals surface area contributed by atoms with Gasteiger partial charge in [-0.05, 0) is 18.6 Å². The normalized spacial score (nSPS) is 14.2. The monoisotopic (exact) mass is 217 g/mol. The van der Waals surface area contributed by atoms with Gasteiger partial charge in [0.2, 0.25) is 0 Å². The van der Waals surface area contributed by atoms with Crippen LogP contribution in [-0.2, 0) is 0 Å². The fourth-order valence-electron chi connectivity index (χ4n) is 1.65. The summed E-state index contributed by atoms with van der Waals surface area (Å²) in [6.07, 6.45) is 1.17. The van der Waals surface area contributed by atoms with Crippen LogP contribution in [-0.4, -0.2) is 36.8 Å². The molecule has 1 aromatic carbocycles. The Labute approximate surface area is 94.8 Å². The zero-order valence-electron chi connectivity index (χ0n) is 9.29. The molecule has 0 radical (unpaired) electrons. The molecule has 1 fully saturated rings. The van der Waals surface area contributed by atoms with Gasteiger partial charge in [0.15, 0.2) is 0 Å². The second kappa shape index (κ2) is 4.35. The SMILES string of the molecule is CNC(=O)c1ccc(C(=N)N2CCC2)cc1. The van der Waals surface area contributed by atoms with E-state index in [1.54, 1.807) is 19.2 Å². The van der Waals surface area contributed by atoms with Crippen molar-refractivity contribution in [1.29, 1.82) is 5.41 Å². The zero-order valence-corrected chi connectivity index (χ0v) is 9.29. The Bertz CT molecular complexity index is 407. The van der Waals surface area contributed by atoms with Crippen molar-refractivity contribution in [3.63, 3.8) is 0 Å². The molecule has 0 aromatic heterocycles. The van der Waals surface area contributed by atoms with Gasteiger partial charge in [-0.2, -0.15) is 0 Å². The van der Waals surface area contributed by atoms with E-state index in [-0.39, 0.29) is 5.91 Å². The molecule has 1 heterocycles. The van der Waals surface area contributed by atoms with Gasteiger partial charge in [0.25, 0.3) is 5.91 Å². The molecule has 1 aliphatic rings. The molecule has 2 N–H and O–H groups in total. The van der Waals surface area contributed by atoms with E-state index < -0.39 is 0 Å². The second-order valence-corrected chi connectivity index (χ2v) is 3.85. The average molecular weight is 217 g/mol. The lowest BCUT2D eigenvalue weighted by molar-refractivity contribution is 0.0963. The third-order valence-electron chi connectivity index (χ3n) is 2.82. The van der Waals surface area contributed by atoms with E-state index >= 15 is 0 Å². The van der Waals surface area contributed by atoms with Gasteiger partial charge in [0.05, 0.1) is 0 Å². The molecule has 0 atom stereocenters. The quantitative estimate of drug-likeness (QED) is 0.575. The average Bonchev–Trinajstić information content (AvgIpc) is 2.26. The maximum atomic E-state index is 11.3. The van der Waals surface area contributed by atoms with Crippen molar-refractivity contribution in [2.45, 2.75) is 6.42 Å². The van der Waals surface area contributed by atoms with Gasteiger partial charge < -0.3 is 10.2 Å². The third-order valence-corrected chi connectivity index (χ3v) is 2.82. The highest BCUT2D eigenvalue weighted by Crippen LogP contribution is 2.13. The number of nitrogens with one attached hydrogen (secondary N) is 2. The van der Waals surface area contributed by atoms with E-state index in [1.165, 1.54) is 6.42 Å². The Balaban J connectivity index is 2.12. The molecule has 16 heavy (non-hydrogen) atoms. The maximum absolute atomic E-state index is 11.3. The van der Waals surface area contributed by atoms with Crippen LogP contribution < -0.4 is 5.32 Å². The molecular weight excluding hydrogens is 202 g/mol. The molecule has 4 nitrogen and oxygen atoms in total. The van der Waals surface area contributed by atoms with Gasteiger partial charge >= 0.3 is 0 Å². The molecule has 1 saturated heterocycles. The van der Waals surface area contributed by atoms with Crippen LogP contribution >= 0.6 is 0 Å². The molecule has 0 spiro atoms. The van der Waals surface area contributed by atoms with E-state index in [2.05, 4.69) is 5.32 Å². The summed E-state index contributed by atoms with van der Waals surface area (Å²) < 4.78 is 0. The summed E-state index contributed by atoms with van der Waals surface area (Å²) in [5.74, 6) is 0.455. The van der Waals surface area contributed by atoms with E-state index in [9.17, 15) is 4.79 Å². The first-order chi connectivity index (χ1) is 7.72. The Kier molecular flexibility index (Phi) is 2.90. The molecule has 1 aromatic rings. The van der Waals surface area contributed by atoms with Gasteiger partial charge in [-0.15, -0.1) is 0 Å². The fraction of sp³-hybridized carbons (Fsp3) is 0.333. The summed E-state index contributed by atoms with van der Waals surface area (Å²) in [6, 6.07) is 7.15. The maximum Gasteiger partial charge on any atom is 0.251 e. The first-order valence-electron chi connectivity index (χ1n) is 5.38. The summed E-state index contributed by atoms with van der Waals surface area (Å²) >= 11 is 0. The summed E-state index contributed by atoms with van der Waals surface area (Å²) in [5, 5.41) is 10.5. The van der Waals surface area contributed by atoms with E-state index in [1.807, 2.05) is 17.0 Å². The molecular formula is C12H15N3O. The smallest absolute Gasteiger partial charge is 0.251 e. The molecule has 0 aliphatic carbocycles. The lowest BCUT2D eigenvalue weighted by Gasteiger charge is -2.33. The van der Waals surface area contributed by atoms with Crippen molar-refractivity contribution in [2.75, 3.05) is 20.1 Å². The van der Waals surface area contributed by atoms with E-state index in [0.29, 0.717) is 11.4 Å². The van der Waals surface area contributed by atoms with Crippen molar-refractivity contribution in [2.24, 2.45) is 0 Å². The zero-order chi connectivity index (χ0) is 11.5. The summed E-state index contributed by atoms with van der Waals surface area (Å²) in [7, 11) is 1.61. The van der Waals surface area contributed by atoms with Gasteiger partial charge in [-0.25, -0.2) is 0 Å². The van der Waals surface area contributed by atoms with Crippen LogP contribution in [0.25, 0.3) is 0 Å². The van der Waals surface area contributed by atoms with Crippen LogP contribution in [0.1, 0.15) is 22.3 Å². The van der Waals surface area contributed by atoms with Crippen LogP contribution in [0.5, 0.6) is 0 Å². The van der Waals surface area contributed by atoms with Crippen molar-refractivity contribution < 1.29 is 4.79 Å². The lowest BCUT2D eigenvalue weighted by Crippen LogP contribution is -2.42. The highest BCUT2D eigenvalue weighted by molar-refractivity contribution is 5.99. The van der Waals surface area contributed by atoms with E-state index in [0.717, 1.165) is 18.7 Å². The third kappa shape index (κ3) is 1.91. The van der Waals surface area contributed by atoms with Gasteiger partial charge in [0.1, 0.15) is 5.84 Å². The highest BCUT2D eigenvalue weighted by atomic mass is 16.1. The molecule has 4 heteroatoms. The summed E-state index contributed by atoms with van der Waals surface area (Å²) in [5.41, 5.74) is 1.50. The number of carbonyl (C=O) groups excluding carboxylic acids is 1. The minimum atomic E-state index is -0.0953. The molecule has 0 bridgehead atoms. The highest BCUT2D eigenvalue weighted by Gasteiger charge is 2.18. The van der Waals surface area contributed by atoms with Crippen LogP contribution in [0.15, 0.2) is 24.3 Å². The van der Waals surface area contributed by atoms with Gasteiger partial charge in [-0.3, -0.25) is 10.2 Å². The van der Waals surface area contributed by atoms with Crippen molar-refractivity contribution in [1.82, 2.24) is 10.2 Å². The molecule has 1 aliphatic heterocycles. The molecule has 84 valence electrons. The number of rotatable bonds is 2. The van der Waals surface area contributed by atoms with Crippen molar-refractivity contribution in [3.8, 4) is 0 Å². The van der Waals surface area contributed by atoms with Crippen molar-refractivity contribution in [3.05, 3.63) is 35.4 Å². The number of likely N-dealkylation sites (tertiary alicyclic amines) is 1. The Morgan fingerprint density at radius 1 is 1.25 bits per heavy atom. The minimum Gasteiger partial charge on any atom is -0.356 e. The Morgan fingerprint density at radius 2 is 1.81 bits per heavy atom. The number of hydrogen-bond acceptors (Lipinski definition) is 2. The first kappa shape index (κ1) is 10.7. The predicted octanol–water partition coefficient (Wildman–Crippen LogP) is 1.08. The largest absolute Gasteiger partial charge is 0.356 e. The number of nitrogens with zero attached hydrogens (tertiary/aromatic N) is 1. The summed E-state index contributed by atoms with van der Waals surface area (Å²) in [4.78, 5) is 13.3. The topological polar surface area (TPSA) is 56.2 Å². The first-order valence-corrected chi connectivity index (χ1v) is 5.38. The number of benzene rings is 1. The number of amidine groups is 1. The second-order valence-electron chi connectivity index (χ2n) is 3.85. The van der Waals surface area contributed by atoms with Crippen LogP contribution in [0.3, 0.4) is 0 Å². The van der Waals surface area contributed by atoms with Crippen molar-refractivity contribution >= 4 is 11.7 Å². The van der Waals surface area contributed by atoms with E-state index in [4.69, 9.17) is 5.41 Å². The number of carbonyl (C=O) groups is 1. The molecule has 2 rings (SSSR count). The Hall–Kier alpha value is -1.84. The van der Waals surface area contributed by atoms with Gasteiger partial charge in [0, 0.05) is 31.3 Å². The van der Waals surface area contributed by atoms with Crippen LogP contribution in [0.2, 0.25) is 0 Å². The molecule has 0 saturated carbocycles. The number of amides is 1. The molecule has 0 unspecified atom stereocenters. The summed E-state index contributed by atoms with van der Waals surface area (Å²) in [6.45, 7) is 1.94. The standard InChI is InChI=1S/C12H15N3O/c1-14-12(16)10-5-3-9(4-6-10)11(13)15-7-2-8-15/h3-6,13H,2,7-8H2,1H3,(H,14,16). The fourth-order valence-corrected chi connectivity index (χ4v) is 1.65. The Morgan fingerprint density at radius 3 is 2.25 bits per heavy atom. The predicted molar refractivity (Wildman–Crippen MR) is 62.9 cm³/mol. The lowest BCUT2D eigenvalue weighted by atomic mass is 10.1.